The quantitative estimate of drug-likeness (QED) is 0.320. The molecule has 0 unspecified atom stereocenters. The third-order valence-corrected chi connectivity index (χ3v) is 10.8. The summed E-state index contributed by atoms with van der Waals surface area (Å²) in [6.07, 6.45) is 0. The van der Waals surface area contributed by atoms with Crippen molar-refractivity contribution in [3.8, 4) is 0 Å². The maximum atomic E-state index is 2.59. The van der Waals surface area contributed by atoms with Gasteiger partial charge < -0.3 is 24.0 Å². The summed E-state index contributed by atoms with van der Waals surface area (Å²) in [7, 11) is -1.87. The molecule has 0 radical (unpaired) electrons. The predicted molar refractivity (Wildman–Crippen MR) is 129 cm³/mol. The van der Waals surface area contributed by atoms with Crippen LogP contribution in [0.4, 0.5) is 0 Å². The van der Waals surface area contributed by atoms with Crippen LogP contribution in [-0.4, -0.2) is 11.5 Å². The van der Waals surface area contributed by atoms with Gasteiger partial charge in [0.2, 0.25) is 0 Å². The molecule has 0 N–H and O–H groups in total. The average molecular weight is 536 g/mol. The van der Waals surface area contributed by atoms with E-state index in [9.17, 15) is 0 Å². The highest BCUT2D eigenvalue weighted by molar-refractivity contribution is 8.22. The van der Waals surface area contributed by atoms with Crippen molar-refractivity contribution in [2.24, 2.45) is 0 Å². The Morgan fingerprint density at radius 1 is 0.643 bits per heavy atom. The Morgan fingerprint density at radius 3 is 1.25 bits per heavy atom. The molecule has 4 heteroatoms. The standard InChI is InChI=1S/C24H26PS2.HI/c1-3-26-24(27-4-2)20-25(21-14-8-5-9-15-21,22-16-10-6-11-17-22)23-18-12-7-13-19-23;/h5-20H,3-4H2,1-2H3;1H/q+1;/p-1. The normalized spacial score (nSPS) is 10.8. The first-order chi connectivity index (χ1) is 13.3. The molecule has 0 spiro atoms. The molecule has 0 saturated carbocycles. The number of thioether (sulfide) groups is 2. The van der Waals surface area contributed by atoms with Gasteiger partial charge in [-0.25, -0.2) is 0 Å². The van der Waals surface area contributed by atoms with Crippen molar-refractivity contribution in [2.75, 3.05) is 11.5 Å². The summed E-state index contributed by atoms with van der Waals surface area (Å²) in [5, 5.41) is 4.23. The van der Waals surface area contributed by atoms with Crippen LogP contribution in [0.2, 0.25) is 0 Å². The fourth-order valence-electron chi connectivity index (χ4n) is 3.22. The van der Waals surface area contributed by atoms with Crippen molar-refractivity contribution in [2.45, 2.75) is 13.8 Å². The third kappa shape index (κ3) is 5.44. The Balaban J connectivity index is 0.00000280. The number of rotatable bonds is 8. The molecule has 0 aliphatic heterocycles. The van der Waals surface area contributed by atoms with Gasteiger partial charge in [-0.15, -0.1) is 23.5 Å². The summed E-state index contributed by atoms with van der Waals surface area (Å²) in [4.78, 5) is 0. The summed E-state index contributed by atoms with van der Waals surface area (Å²) >= 11 is 3.93. The van der Waals surface area contributed by atoms with E-state index in [0.717, 1.165) is 11.5 Å². The molecule has 0 nitrogen and oxygen atoms in total. The number of benzene rings is 3. The molecule has 0 amide bonds. The van der Waals surface area contributed by atoms with Gasteiger partial charge in [0.15, 0.2) is 0 Å². The van der Waals surface area contributed by atoms with Crippen LogP contribution in [0.25, 0.3) is 0 Å². The first kappa shape index (κ1) is 23.5. The number of hydrogen-bond donors (Lipinski definition) is 0. The zero-order chi connectivity index (χ0) is 19.0. The Labute approximate surface area is 196 Å². The van der Waals surface area contributed by atoms with Gasteiger partial charge in [0.25, 0.3) is 0 Å². The van der Waals surface area contributed by atoms with Crippen molar-refractivity contribution in [3.63, 3.8) is 0 Å². The van der Waals surface area contributed by atoms with Crippen LogP contribution in [0, 0.1) is 0 Å². The maximum absolute atomic E-state index is 2.59. The van der Waals surface area contributed by atoms with E-state index in [2.05, 4.69) is 111 Å². The van der Waals surface area contributed by atoms with Crippen LogP contribution in [0.1, 0.15) is 13.8 Å². The minimum absolute atomic E-state index is 0. The lowest BCUT2D eigenvalue weighted by Crippen LogP contribution is -3.00. The fraction of sp³-hybridized carbons (Fsp3) is 0.167. The van der Waals surface area contributed by atoms with E-state index in [1.807, 2.05) is 23.5 Å². The Kier molecular flexibility index (Phi) is 10.1. The first-order valence-corrected chi connectivity index (χ1v) is 13.2. The number of hydrogen-bond acceptors (Lipinski definition) is 2. The Hall–Kier alpha value is -0.740. The highest BCUT2D eigenvalue weighted by Gasteiger charge is 2.44. The molecule has 3 aromatic carbocycles. The molecule has 3 aromatic rings. The SMILES string of the molecule is CCSC(=C[P+](c1ccccc1)(c1ccccc1)c1ccccc1)SCC.[I-]. The van der Waals surface area contributed by atoms with Gasteiger partial charge in [0.1, 0.15) is 23.2 Å². The molecular formula is C24H26IPS2. The van der Waals surface area contributed by atoms with Crippen LogP contribution in [0.3, 0.4) is 0 Å². The van der Waals surface area contributed by atoms with Gasteiger partial charge in [0.05, 0.1) is 10.1 Å². The highest BCUT2D eigenvalue weighted by Crippen LogP contribution is 2.59. The molecule has 0 aliphatic carbocycles. The minimum Gasteiger partial charge on any atom is -1.00 e. The fourth-order valence-corrected chi connectivity index (χ4v) is 9.96. The van der Waals surface area contributed by atoms with Crippen LogP contribution in [0.5, 0.6) is 0 Å². The van der Waals surface area contributed by atoms with Crippen LogP contribution in [-0.2, 0) is 0 Å². The van der Waals surface area contributed by atoms with E-state index in [1.54, 1.807) is 0 Å². The van der Waals surface area contributed by atoms with Crippen molar-refractivity contribution in [1.82, 2.24) is 0 Å². The topological polar surface area (TPSA) is 0 Å². The van der Waals surface area contributed by atoms with E-state index in [-0.39, 0.29) is 24.0 Å². The van der Waals surface area contributed by atoms with Crippen molar-refractivity contribution >= 4 is 46.7 Å². The lowest BCUT2D eigenvalue weighted by Gasteiger charge is -2.25. The molecule has 0 fully saturated rings. The van der Waals surface area contributed by atoms with Gasteiger partial charge in [-0.3, -0.25) is 0 Å². The summed E-state index contributed by atoms with van der Waals surface area (Å²) < 4.78 is 1.44. The Bertz CT molecular complexity index is 747. The smallest absolute Gasteiger partial charge is 0.138 e. The van der Waals surface area contributed by atoms with E-state index < -0.39 is 7.26 Å². The minimum atomic E-state index is -1.87. The van der Waals surface area contributed by atoms with E-state index in [4.69, 9.17) is 0 Å². The monoisotopic (exact) mass is 536 g/mol. The van der Waals surface area contributed by atoms with Gasteiger partial charge in [-0.05, 0) is 47.9 Å². The van der Waals surface area contributed by atoms with Crippen molar-refractivity contribution < 1.29 is 24.0 Å². The second-order valence-electron chi connectivity index (χ2n) is 6.04. The zero-order valence-electron chi connectivity index (χ0n) is 16.3. The second-order valence-corrected chi connectivity index (χ2v) is 12.2. The molecular weight excluding hydrogens is 510 g/mol. The largest absolute Gasteiger partial charge is 1.00 e. The molecule has 0 atom stereocenters. The molecule has 28 heavy (non-hydrogen) atoms. The molecule has 0 aliphatic rings. The average Bonchev–Trinajstić information content (AvgIpc) is 2.74. The summed E-state index contributed by atoms with van der Waals surface area (Å²) in [6, 6.07) is 33.2. The van der Waals surface area contributed by atoms with Crippen LogP contribution < -0.4 is 39.9 Å². The van der Waals surface area contributed by atoms with Crippen molar-refractivity contribution in [3.05, 3.63) is 101 Å². The predicted octanol–water partition coefficient (Wildman–Crippen LogP) is 3.29. The van der Waals surface area contributed by atoms with Crippen LogP contribution >= 0.6 is 30.8 Å². The number of halogens is 1. The molecule has 0 bridgehead atoms. The van der Waals surface area contributed by atoms with Crippen LogP contribution in [0.15, 0.2) is 101 Å². The summed E-state index contributed by atoms with van der Waals surface area (Å²) in [5.41, 5.74) is 0. The van der Waals surface area contributed by atoms with E-state index >= 15 is 0 Å². The van der Waals surface area contributed by atoms with Gasteiger partial charge >= 0.3 is 0 Å². The maximum Gasteiger partial charge on any atom is 0.138 e. The highest BCUT2D eigenvalue weighted by atomic mass is 127. The lowest BCUT2D eigenvalue weighted by atomic mass is 10.4. The summed E-state index contributed by atoms with van der Waals surface area (Å²) in [5.74, 6) is 4.78. The van der Waals surface area contributed by atoms with Gasteiger partial charge in [-0.1, -0.05) is 68.4 Å². The van der Waals surface area contributed by atoms with Crippen molar-refractivity contribution in [1.29, 1.82) is 0 Å². The molecule has 0 aromatic heterocycles. The van der Waals surface area contributed by atoms with E-state index in [0.29, 0.717) is 0 Å². The van der Waals surface area contributed by atoms with Gasteiger partial charge in [-0.2, -0.15) is 0 Å². The first-order valence-electron chi connectivity index (χ1n) is 9.35. The summed E-state index contributed by atoms with van der Waals surface area (Å²) in [6.45, 7) is 4.48. The lowest BCUT2D eigenvalue weighted by molar-refractivity contribution is -0.00000519. The van der Waals surface area contributed by atoms with Gasteiger partial charge in [0, 0.05) is 0 Å². The molecule has 146 valence electrons. The zero-order valence-corrected chi connectivity index (χ0v) is 21.0. The van der Waals surface area contributed by atoms with E-state index in [1.165, 1.54) is 20.2 Å². The molecule has 3 rings (SSSR count). The second kappa shape index (κ2) is 12.1. The molecule has 0 saturated heterocycles. The molecule has 0 heterocycles. The Morgan fingerprint density at radius 2 is 0.964 bits per heavy atom. The third-order valence-electron chi connectivity index (χ3n) is 4.36.